The highest BCUT2D eigenvalue weighted by atomic mass is 19.1. The third-order valence-corrected chi connectivity index (χ3v) is 5.30. The zero-order chi connectivity index (χ0) is 20.4. The van der Waals surface area contributed by atoms with Crippen molar-refractivity contribution in [3.63, 3.8) is 0 Å². The Morgan fingerprint density at radius 1 is 1.25 bits per heavy atom. The highest BCUT2D eigenvalue weighted by molar-refractivity contribution is 5.23. The van der Waals surface area contributed by atoms with Crippen molar-refractivity contribution >= 4 is 0 Å². The first-order chi connectivity index (χ1) is 13.2. The van der Waals surface area contributed by atoms with E-state index < -0.39 is 17.7 Å². The lowest BCUT2D eigenvalue weighted by atomic mass is 9.72. The SMILES string of the molecule is CC(C)(C)Cc1cnc(F)c(C(O)C[C@@]2(O)CC[C@H]2OCc2ccccc2)c1. The molecule has 0 saturated heterocycles. The summed E-state index contributed by atoms with van der Waals surface area (Å²) in [6.07, 6.45) is 2.04. The molecule has 5 heteroatoms. The van der Waals surface area contributed by atoms with Crippen LogP contribution in [0.2, 0.25) is 0 Å². The van der Waals surface area contributed by atoms with Crippen LogP contribution in [-0.2, 0) is 17.8 Å². The molecule has 0 aliphatic heterocycles. The normalized spacial score (nSPS) is 23.3. The summed E-state index contributed by atoms with van der Waals surface area (Å²) < 4.78 is 20.1. The minimum Gasteiger partial charge on any atom is -0.388 e. The molecule has 28 heavy (non-hydrogen) atoms. The van der Waals surface area contributed by atoms with Crippen LogP contribution >= 0.6 is 0 Å². The summed E-state index contributed by atoms with van der Waals surface area (Å²) in [7, 11) is 0. The van der Waals surface area contributed by atoms with Crippen molar-refractivity contribution in [2.45, 2.75) is 70.9 Å². The number of halogens is 1. The molecule has 0 radical (unpaired) electrons. The fraction of sp³-hybridized carbons (Fsp3) is 0.522. The molecule has 1 unspecified atom stereocenters. The van der Waals surface area contributed by atoms with Gasteiger partial charge in [-0.1, -0.05) is 51.1 Å². The van der Waals surface area contributed by atoms with Crippen molar-refractivity contribution in [1.29, 1.82) is 0 Å². The molecular weight excluding hydrogens is 357 g/mol. The van der Waals surface area contributed by atoms with Crippen molar-refractivity contribution in [1.82, 2.24) is 4.98 Å². The molecule has 4 nitrogen and oxygen atoms in total. The summed E-state index contributed by atoms with van der Waals surface area (Å²) >= 11 is 0. The Morgan fingerprint density at radius 2 is 1.96 bits per heavy atom. The zero-order valence-electron chi connectivity index (χ0n) is 16.9. The number of hydrogen-bond acceptors (Lipinski definition) is 4. The van der Waals surface area contributed by atoms with Gasteiger partial charge in [0, 0.05) is 18.2 Å². The monoisotopic (exact) mass is 387 g/mol. The molecule has 0 amide bonds. The van der Waals surface area contributed by atoms with Gasteiger partial charge in [-0.25, -0.2) is 4.98 Å². The highest BCUT2D eigenvalue weighted by Gasteiger charge is 2.47. The molecule has 1 aromatic heterocycles. The second-order valence-electron chi connectivity index (χ2n) is 9.11. The third-order valence-electron chi connectivity index (χ3n) is 5.30. The van der Waals surface area contributed by atoms with Crippen molar-refractivity contribution in [3.05, 3.63) is 65.2 Å². The Balaban J connectivity index is 1.64. The van der Waals surface area contributed by atoms with Gasteiger partial charge in [0.1, 0.15) is 0 Å². The topological polar surface area (TPSA) is 62.6 Å². The number of ether oxygens (including phenoxy) is 1. The molecule has 1 aliphatic rings. The van der Waals surface area contributed by atoms with Gasteiger partial charge in [-0.15, -0.1) is 0 Å². The first kappa shape index (κ1) is 20.9. The quantitative estimate of drug-likeness (QED) is 0.694. The minimum atomic E-state index is -1.15. The van der Waals surface area contributed by atoms with Gasteiger partial charge in [-0.05, 0) is 41.9 Å². The van der Waals surface area contributed by atoms with E-state index in [-0.39, 0.29) is 23.5 Å². The van der Waals surface area contributed by atoms with E-state index in [4.69, 9.17) is 4.74 Å². The van der Waals surface area contributed by atoms with E-state index >= 15 is 0 Å². The minimum absolute atomic E-state index is 0.0318. The van der Waals surface area contributed by atoms with E-state index in [2.05, 4.69) is 25.8 Å². The van der Waals surface area contributed by atoms with E-state index in [0.717, 1.165) is 24.0 Å². The maximum absolute atomic E-state index is 14.2. The van der Waals surface area contributed by atoms with Crippen LogP contribution < -0.4 is 0 Å². The zero-order valence-corrected chi connectivity index (χ0v) is 16.9. The number of benzene rings is 1. The molecule has 3 rings (SSSR count). The third kappa shape index (κ3) is 5.16. The lowest BCUT2D eigenvalue weighted by Crippen LogP contribution is -2.53. The second kappa shape index (κ2) is 8.27. The molecule has 1 aliphatic carbocycles. The molecule has 3 atom stereocenters. The van der Waals surface area contributed by atoms with Crippen molar-refractivity contribution in [2.24, 2.45) is 5.41 Å². The van der Waals surface area contributed by atoms with Gasteiger partial charge in [0.2, 0.25) is 5.95 Å². The van der Waals surface area contributed by atoms with Gasteiger partial charge in [0.25, 0.3) is 0 Å². The number of hydrogen-bond donors (Lipinski definition) is 2. The molecule has 1 saturated carbocycles. The van der Waals surface area contributed by atoms with Gasteiger partial charge in [-0.2, -0.15) is 4.39 Å². The van der Waals surface area contributed by atoms with E-state index in [1.54, 1.807) is 6.07 Å². The first-order valence-corrected chi connectivity index (χ1v) is 9.87. The Morgan fingerprint density at radius 3 is 2.57 bits per heavy atom. The molecule has 1 aromatic carbocycles. The number of aliphatic hydroxyl groups is 2. The smallest absolute Gasteiger partial charge is 0.218 e. The van der Waals surface area contributed by atoms with Gasteiger partial charge in [-0.3, -0.25) is 0 Å². The maximum atomic E-state index is 14.2. The average molecular weight is 387 g/mol. The Labute approximate surface area is 166 Å². The summed E-state index contributed by atoms with van der Waals surface area (Å²) in [5.41, 5.74) is 0.928. The summed E-state index contributed by atoms with van der Waals surface area (Å²) in [5.74, 6) is -0.685. The summed E-state index contributed by atoms with van der Waals surface area (Å²) in [5, 5.41) is 21.5. The number of pyridine rings is 1. The van der Waals surface area contributed by atoms with Crippen LogP contribution in [0.3, 0.4) is 0 Å². The predicted octanol–water partition coefficient (Wildman–Crippen LogP) is 4.34. The van der Waals surface area contributed by atoms with Crippen LogP contribution in [0, 0.1) is 11.4 Å². The lowest BCUT2D eigenvalue weighted by Gasteiger charge is -2.46. The predicted molar refractivity (Wildman–Crippen MR) is 106 cm³/mol. The van der Waals surface area contributed by atoms with Crippen molar-refractivity contribution in [3.8, 4) is 0 Å². The number of nitrogens with zero attached hydrogens (tertiary/aromatic N) is 1. The fourth-order valence-electron chi connectivity index (χ4n) is 3.74. The highest BCUT2D eigenvalue weighted by Crippen LogP contribution is 2.42. The molecule has 152 valence electrons. The lowest BCUT2D eigenvalue weighted by molar-refractivity contribution is -0.191. The molecular formula is C23H30FNO3. The Hall–Kier alpha value is -1.82. The van der Waals surface area contributed by atoms with Gasteiger partial charge >= 0.3 is 0 Å². The molecule has 2 aromatic rings. The van der Waals surface area contributed by atoms with E-state index in [9.17, 15) is 14.6 Å². The molecule has 1 heterocycles. The van der Waals surface area contributed by atoms with Crippen LogP contribution in [0.5, 0.6) is 0 Å². The molecule has 0 spiro atoms. The fourth-order valence-corrected chi connectivity index (χ4v) is 3.74. The maximum Gasteiger partial charge on any atom is 0.218 e. The first-order valence-electron chi connectivity index (χ1n) is 9.87. The van der Waals surface area contributed by atoms with Crippen molar-refractivity contribution in [2.75, 3.05) is 0 Å². The largest absolute Gasteiger partial charge is 0.388 e. The van der Waals surface area contributed by atoms with E-state index in [0.29, 0.717) is 13.0 Å². The van der Waals surface area contributed by atoms with E-state index in [1.165, 1.54) is 6.20 Å². The number of rotatable bonds is 7. The van der Waals surface area contributed by atoms with Crippen LogP contribution in [0.15, 0.2) is 42.6 Å². The standard InChI is InChI=1S/C23H30FNO3/c1-22(2,3)12-17-11-18(21(24)25-14-17)19(26)13-23(27)10-9-20(23)28-15-16-7-5-4-6-8-16/h4-8,11,14,19-20,26-27H,9-10,12-13,15H2,1-3H3/t19?,20-,23+/m1/s1. The van der Waals surface area contributed by atoms with Crippen molar-refractivity contribution < 1.29 is 19.3 Å². The number of aliphatic hydroxyl groups excluding tert-OH is 1. The number of aromatic nitrogens is 1. The summed E-state index contributed by atoms with van der Waals surface area (Å²) in [6.45, 7) is 6.69. The van der Waals surface area contributed by atoms with Crippen LogP contribution in [0.4, 0.5) is 4.39 Å². The molecule has 1 fully saturated rings. The van der Waals surface area contributed by atoms with E-state index in [1.807, 2.05) is 30.3 Å². The molecule has 2 N–H and O–H groups in total. The van der Waals surface area contributed by atoms with Gasteiger partial charge in [0.05, 0.1) is 24.4 Å². The Bertz CT molecular complexity index is 790. The summed E-state index contributed by atoms with van der Waals surface area (Å²) in [6, 6.07) is 11.4. The van der Waals surface area contributed by atoms with Crippen LogP contribution in [0.25, 0.3) is 0 Å². The van der Waals surface area contributed by atoms with Gasteiger partial charge in [0.15, 0.2) is 0 Å². The Kier molecular flexibility index (Phi) is 6.18. The van der Waals surface area contributed by atoms with Gasteiger partial charge < -0.3 is 14.9 Å². The average Bonchev–Trinajstić information content (AvgIpc) is 2.62. The van der Waals surface area contributed by atoms with Crippen LogP contribution in [-0.4, -0.2) is 26.9 Å². The molecule has 0 bridgehead atoms. The second-order valence-corrected chi connectivity index (χ2v) is 9.11. The summed E-state index contributed by atoms with van der Waals surface area (Å²) in [4.78, 5) is 3.81. The van der Waals surface area contributed by atoms with Crippen LogP contribution in [0.1, 0.15) is 62.8 Å².